The Morgan fingerprint density at radius 1 is 1.17 bits per heavy atom. The highest BCUT2D eigenvalue weighted by molar-refractivity contribution is 6.19. The van der Waals surface area contributed by atoms with Gasteiger partial charge in [-0.2, -0.15) is 0 Å². The first kappa shape index (κ1) is 15.5. The minimum Gasteiger partial charge on any atom is -0.459 e. The van der Waals surface area contributed by atoms with Gasteiger partial charge in [-0.25, -0.2) is 4.79 Å². The van der Waals surface area contributed by atoms with E-state index in [0.717, 1.165) is 42.1 Å². The number of carbonyl (C=O) groups excluding carboxylic acids is 2. The topological polar surface area (TPSA) is 59.2 Å². The number of nitrogens with one attached hydrogen (secondary N) is 1. The minimum atomic E-state index is -0.501. The number of carbonyl (C=O) groups is 2. The molecule has 0 spiro atoms. The van der Waals surface area contributed by atoms with Gasteiger partial charge in [0, 0.05) is 11.7 Å². The van der Waals surface area contributed by atoms with E-state index < -0.39 is 5.97 Å². The van der Waals surface area contributed by atoms with Crippen molar-refractivity contribution in [2.75, 3.05) is 0 Å². The maximum absolute atomic E-state index is 12.4. The molecule has 1 aliphatic rings. The van der Waals surface area contributed by atoms with Crippen molar-refractivity contribution in [3.8, 4) is 0 Å². The lowest BCUT2D eigenvalue weighted by atomic mass is 9.97. The van der Waals surface area contributed by atoms with Crippen molar-refractivity contribution in [1.29, 1.82) is 0 Å². The van der Waals surface area contributed by atoms with Crippen LogP contribution < -0.4 is 0 Å². The normalized spacial score (nSPS) is 16.5. The Morgan fingerprint density at radius 2 is 1.96 bits per heavy atom. The number of benzene rings is 1. The van der Waals surface area contributed by atoms with Crippen molar-refractivity contribution in [1.82, 2.24) is 4.98 Å². The number of hydrogen-bond acceptors (Lipinski definition) is 3. The summed E-state index contributed by atoms with van der Waals surface area (Å²) in [6.07, 6.45) is 8.59. The van der Waals surface area contributed by atoms with E-state index in [1.807, 2.05) is 30.5 Å². The van der Waals surface area contributed by atoms with Crippen LogP contribution in [-0.4, -0.2) is 22.8 Å². The van der Waals surface area contributed by atoms with Gasteiger partial charge in [0.05, 0.1) is 0 Å². The quantitative estimate of drug-likeness (QED) is 0.401. The summed E-state index contributed by atoms with van der Waals surface area (Å²) in [5.41, 5.74) is 1.96. The first-order valence-electron chi connectivity index (χ1n) is 8.14. The molecular weight excluding hydrogens is 290 g/mol. The third-order valence-electron chi connectivity index (χ3n) is 4.31. The molecule has 0 radical (unpaired) electrons. The summed E-state index contributed by atoms with van der Waals surface area (Å²) in [6.45, 7) is 1.41. The molecular formula is C19H21NO3. The van der Waals surface area contributed by atoms with E-state index >= 15 is 0 Å². The van der Waals surface area contributed by atoms with Crippen LogP contribution in [0.1, 0.15) is 44.6 Å². The molecule has 1 saturated carbocycles. The van der Waals surface area contributed by atoms with E-state index in [9.17, 15) is 9.59 Å². The maximum atomic E-state index is 12.4. The van der Waals surface area contributed by atoms with E-state index in [2.05, 4.69) is 4.98 Å². The van der Waals surface area contributed by atoms with Crippen molar-refractivity contribution in [3.63, 3.8) is 0 Å². The third-order valence-corrected chi connectivity index (χ3v) is 4.31. The summed E-state index contributed by atoms with van der Waals surface area (Å²) >= 11 is 0. The molecule has 23 heavy (non-hydrogen) atoms. The number of aromatic nitrogens is 1. The molecule has 0 atom stereocenters. The number of hydrogen-bond donors (Lipinski definition) is 1. The van der Waals surface area contributed by atoms with Crippen molar-refractivity contribution in [2.24, 2.45) is 0 Å². The monoisotopic (exact) mass is 311 g/mol. The van der Waals surface area contributed by atoms with Gasteiger partial charge in [-0.1, -0.05) is 12.5 Å². The molecule has 1 N–H and O–H groups in total. The van der Waals surface area contributed by atoms with Gasteiger partial charge in [-0.05, 0) is 67.8 Å². The molecule has 3 rings (SSSR count). The zero-order valence-electron chi connectivity index (χ0n) is 13.3. The standard InChI is InChI=1S/C19H21NO3/c1-13(21)17(19(22)23-16-5-3-2-4-6-16)12-14-7-8-18-15(11-14)9-10-20-18/h7-12,16,20H,2-6H2,1H3/b17-12-. The number of aromatic amines is 1. The summed E-state index contributed by atoms with van der Waals surface area (Å²) < 4.78 is 5.53. The molecule has 0 aliphatic heterocycles. The Morgan fingerprint density at radius 3 is 2.70 bits per heavy atom. The number of ether oxygens (including phenoxy) is 1. The molecule has 1 heterocycles. The summed E-state index contributed by atoms with van der Waals surface area (Å²) in [4.78, 5) is 27.3. The highest BCUT2D eigenvalue weighted by atomic mass is 16.5. The predicted octanol–water partition coefficient (Wildman–Crippen LogP) is 4.02. The summed E-state index contributed by atoms with van der Waals surface area (Å²) in [6, 6.07) is 7.73. The van der Waals surface area contributed by atoms with Crippen LogP contribution >= 0.6 is 0 Å². The van der Waals surface area contributed by atoms with Crippen LogP contribution in [0, 0.1) is 0 Å². The third kappa shape index (κ3) is 3.70. The van der Waals surface area contributed by atoms with Crippen molar-refractivity contribution in [3.05, 3.63) is 41.6 Å². The predicted molar refractivity (Wildman–Crippen MR) is 89.9 cm³/mol. The number of Topliss-reactive ketones (excluding diaryl/α,β-unsaturated/α-hetero) is 1. The summed E-state index contributed by atoms with van der Waals surface area (Å²) in [5, 5.41) is 1.04. The molecule has 4 nitrogen and oxygen atoms in total. The van der Waals surface area contributed by atoms with Gasteiger partial charge in [0.15, 0.2) is 5.78 Å². The number of esters is 1. The van der Waals surface area contributed by atoms with Gasteiger partial charge in [-0.15, -0.1) is 0 Å². The van der Waals surface area contributed by atoms with E-state index in [1.165, 1.54) is 13.3 Å². The van der Waals surface area contributed by atoms with Gasteiger partial charge < -0.3 is 9.72 Å². The molecule has 1 fully saturated rings. The highest BCUT2D eigenvalue weighted by Crippen LogP contribution is 2.22. The van der Waals surface area contributed by atoms with Crippen LogP contribution in [0.2, 0.25) is 0 Å². The van der Waals surface area contributed by atoms with Gasteiger partial charge >= 0.3 is 5.97 Å². The van der Waals surface area contributed by atoms with E-state index in [-0.39, 0.29) is 17.5 Å². The van der Waals surface area contributed by atoms with Gasteiger partial charge in [0.2, 0.25) is 0 Å². The lowest BCUT2D eigenvalue weighted by molar-refractivity contribution is -0.146. The summed E-state index contributed by atoms with van der Waals surface area (Å²) in [5.74, 6) is -0.765. The highest BCUT2D eigenvalue weighted by Gasteiger charge is 2.22. The molecule has 0 saturated heterocycles. The first-order chi connectivity index (χ1) is 11.1. The molecule has 2 aromatic rings. The molecule has 0 amide bonds. The Labute approximate surface area is 135 Å². The van der Waals surface area contributed by atoms with Crippen LogP contribution in [0.3, 0.4) is 0 Å². The smallest absolute Gasteiger partial charge is 0.342 e. The van der Waals surface area contributed by atoms with Crippen LogP contribution in [0.4, 0.5) is 0 Å². The van der Waals surface area contributed by atoms with Crippen molar-refractivity contribution >= 4 is 28.7 Å². The summed E-state index contributed by atoms with van der Waals surface area (Å²) in [7, 11) is 0. The average molecular weight is 311 g/mol. The lowest BCUT2D eigenvalue weighted by Gasteiger charge is -2.22. The molecule has 4 heteroatoms. The lowest BCUT2D eigenvalue weighted by Crippen LogP contribution is -2.23. The minimum absolute atomic E-state index is 0.0499. The second kappa shape index (κ2) is 6.82. The number of fused-ring (bicyclic) bond motifs is 1. The SMILES string of the molecule is CC(=O)/C(=C/c1ccc2[nH]ccc2c1)C(=O)OC1CCCCC1. The van der Waals surface area contributed by atoms with Crippen LogP contribution in [0.15, 0.2) is 36.0 Å². The Hall–Kier alpha value is -2.36. The van der Waals surface area contributed by atoms with E-state index in [1.54, 1.807) is 6.08 Å². The maximum Gasteiger partial charge on any atom is 0.342 e. The fraction of sp³-hybridized carbons (Fsp3) is 0.368. The zero-order valence-corrected chi connectivity index (χ0v) is 13.3. The van der Waals surface area contributed by atoms with Crippen LogP contribution in [-0.2, 0) is 14.3 Å². The van der Waals surface area contributed by atoms with E-state index in [0.29, 0.717) is 0 Å². The second-order valence-electron chi connectivity index (χ2n) is 6.10. The van der Waals surface area contributed by atoms with Crippen molar-refractivity contribution < 1.29 is 14.3 Å². The van der Waals surface area contributed by atoms with Crippen molar-refractivity contribution in [2.45, 2.75) is 45.1 Å². The van der Waals surface area contributed by atoms with Gasteiger partial charge in [0.25, 0.3) is 0 Å². The molecule has 1 aromatic carbocycles. The molecule has 0 unspecified atom stereocenters. The Bertz CT molecular complexity index is 751. The first-order valence-corrected chi connectivity index (χ1v) is 8.14. The number of ketones is 1. The second-order valence-corrected chi connectivity index (χ2v) is 6.10. The van der Waals surface area contributed by atoms with Gasteiger partial charge in [-0.3, -0.25) is 4.79 Å². The average Bonchev–Trinajstić information content (AvgIpc) is 3.00. The largest absolute Gasteiger partial charge is 0.459 e. The fourth-order valence-electron chi connectivity index (χ4n) is 3.03. The number of H-pyrrole nitrogens is 1. The molecule has 1 aliphatic carbocycles. The fourth-order valence-corrected chi connectivity index (χ4v) is 3.03. The zero-order chi connectivity index (χ0) is 16.2. The Kier molecular flexibility index (Phi) is 4.60. The van der Waals surface area contributed by atoms with E-state index in [4.69, 9.17) is 4.74 Å². The number of rotatable bonds is 4. The molecule has 0 bridgehead atoms. The van der Waals surface area contributed by atoms with Gasteiger partial charge in [0.1, 0.15) is 11.7 Å². The molecule has 1 aromatic heterocycles. The Balaban J connectivity index is 1.81. The van der Waals surface area contributed by atoms with Crippen LogP contribution in [0.5, 0.6) is 0 Å². The molecule has 120 valence electrons. The van der Waals surface area contributed by atoms with Crippen LogP contribution in [0.25, 0.3) is 17.0 Å².